The molecule has 0 amide bonds. The van der Waals surface area contributed by atoms with E-state index in [1.54, 1.807) is 0 Å². The molecule has 1 unspecified atom stereocenters. The van der Waals surface area contributed by atoms with Crippen molar-refractivity contribution in [3.8, 4) is 5.75 Å². The molecule has 0 aromatic heterocycles. The molecule has 2 heteroatoms. The Morgan fingerprint density at radius 2 is 2.19 bits per heavy atom. The first-order valence-electron chi connectivity index (χ1n) is 6.29. The van der Waals surface area contributed by atoms with E-state index >= 15 is 0 Å². The second kappa shape index (κ2) is 4.10. The first-order chi connectivity index (χ1) is 7.90. The Bertz CT molecular complexity index is 398. The molecular weight excluding hydrogens is 200 g/mol. The Morgan fingerprint density at radius 1 is 1.25 bits per heavy atom. The summed E-state index contributed by atoms with van der Waals surface area (Å²) in [7, 11) is 0. The van der Waals surface area contributed by atoms with E-state index in [2.05, 4.69) is 19.1 Å². The molecule has 2 aliphatic rings. The lowest BCUT2D eigenvalue weighted by Gasteiger charge is -2.27. The summed E-state index contributed by atoms with van der Waals surface area (Å²) in [4.78, 5) is 0. The highest BCUT2D eigenvalue weighted by Gasteiger charge is 2.27. The smallest absolute Gasteiger partial charge is 0.123 e. The van der Waals surface area contributed by atoms with E-state index in [-0.39, 0.29) is 0 Å². The van der Waals surface area contributed by atoms with Crippen LogP contribution in [0.2, 0.25) is 0 Å². The van der Waals surface area contributed by atoms with Gasteiger partial charge in [-0.1, -0.05) is 19.4 Å². The molecule has 1 aromatic carbocycles. The van der Waals surface area contributed by atoms with Gasteiger partial charge >= 0.3 is 0 Å². The van der Waals surface area contributed by atoms with Crippen LogP contribution in [-0.4, -0.2) is 13.2 Å². The molecule has 0 saturated heterocycles. The normalized spacial score (nSPS) is 22.4. The largest absolute Gasteiger partial charge is 0.493 e. The third kappa shape index (κ3) is 1.52. The maximum Gasteiger partial charge on any atom is 0.123 e. The van der Waals surface area contributed by atoms with Crippen molar-refractivity contribution in [2.45, 2.75) is 38.7 Å². The van der Waals surface area contributed by atoms with Crippen molar-refractivity contribution in [3.05, 3.63) is 28.8 Å². The molecule has 2 nitrogen and oxygen atoms in total. The molecule has 0 N–H and O–H groups in total. The minimum atomic E-state index is 0.311. The Kier molecular flexibility index (Phi) is 2.60. The van der Waals surface area contributed by atoms with E-state index in [0.717, 1.165) is 38.2 Å². The first-order valence-corrected chi connectivity index (χ1v) is 6.29. The van der Waals surface area contributed by atoms with Crippen molar-refractivity contribution in [2.75, 3.05) is 13.2 Å². The molecule has 0 radical (unpaired) electrons. The maximum atomic E-state index is 5.91. The van der Waals surface area contributed by atoms with Crippen LogP contribution in [0, 0.1) is 0 Å². The Morgan fingerprint density at radius 3 is 3.06 bits per heavy atom. The van der Waals surface area contributed by atoms with Crippen molar-refractivity contribution < 1.29 is 9.47 Å². The molecule has 16 heavy (non-hydrogen) atoms. The van der Waals surface area contributed by atoms with Crippen LogP contribution in [-0.2, 0) is 17.6 Å². The summed E-state index contributed by atoms with van der Waals surface area (Å²) in [6, 6.07) is 4.36. The molecule has 2 heterocycles. The topological polar surface area (TPSA) is 18.5 Å². The molecule has 0 spiro atoms. The second-order valence-electron chi connectivity index (χ2n) is 4.61. The minimum Gasteiger partial charge on any atom is -0.493 e. The van der Waals surface area contributed by atoms with E-state index in [0.29, 0.717) is 6.10 Å². The summed E-state index contributed by atoms with van der Waals surface area (Å²) in [6.45, 7) is 3.93. The van der Waals surface area contributed by atoms with Crippen LogP contribution in [0.5, 0.6) is 5.75 Å². The zero-order valence-electron chi connectivity index (χ0n) is 9.79. The van der Waals surface area contributed by atoms with Gasteiger partial charge in [-0.3, -0.25) is 0 Å². The van der Waals surface area contributed by atoms with Gasteiger partial charge in [0, 0.05) is 12.0 Å². The fraction of sp³-hybridized carbons (Fsp3) is 0.571. The zero-order valence-corrected chi connectivity index (χ0v) is 9.79. The van der Waals surface area contributed by atoms with Crippen LogP contribution >= 0.6 is 0 Å². The van der Waals surface area contributed by atoms with Crippen molar-refractivity contribution in [3.63, 3.8) is 0 Å². The fourth-order valence-corrected chi connectivity index (χ4v) is 2.85. The van der Waals surface area contributed by atoms with Gasteiger partial charge < -0.3 is 9.47 Å². The summed E-state index contributed by atoms with van der Waals surface area (Å²) < 4.78 is 11.5. The van der Waals surface area contributed by atoms with Crippen LogP contribution in [0.3, 0.4) is 0 Å². The van der Waals surface area contributed by atoms with Crippen molar-refractivity contribution in [2.24, 2.45) is 0 Å². The first kappa shape index (κ1) is 10.2. The van der Waals surface area contributed by atoms with Crippen LogP contribution in [0.25, 0.3) is 0 Å². The lowest BCUT2D eigenvalue weighted by Crippen LogP contribution is -2.17. The molecule has 86 valence electrons. The standard InChI is InChI=1S/C14H18O2/c1-2-3-13-14-10(6-8-16-13)4-5-12-11(14)7-9-15-12/h4-5,13H,2-3,6-9H2,1H3. The number of fused-ring (bicyclic) bond motifs is 3. The quantitative estimate of drug-likeness (QED) is 0.759. The summed E-state index contributed by atoms with van der Waals surface area (Å²) in [5.74, 6) is 1.09. The number of hydrogen-bond acceptors (Lipinski definition) is 2. The molecular formula is C14H18O2. The van der Waals surface area contributed by atoms with Crippen molar-refractivity contribution >= 4 is 0 Å². The third-order valence-electron chi connectivity index (χ3n) is 3.58. The van der Waals surface area contributed by atoms with Crippen LogP contribution in [0.1, 0.15) is 42.6 Å². The van der Waals surface area contributed by atoms with Crippen molar-refractivity contribution in [1.29, 1.82) is 0 Å². The van der Waals surface area contributed by atoms with Crippen LogP contribution in [0.4, 0.5) is 0 Å². The van der Waals surface area contributed by atoms with Gasteiger partial charge in [-0.05, 0) is 30.0 Å². The molecule has 0 fully saturated rings. The lowest BCUT2D eigenvalue weighted by molar-refractivity contribution is 0.0355. The van der Waals surface area contributed by atoms with E-state index < -0.39 is 0 Å². The highest BCUT2D eigenvalue weighted by molar-refractivity contribution is 5.49. The zero-order chi connectivity index (χ0) is 11.0. The number of rotatable bonds is 2. The minimum absolute atomic E-state index is 0.311. The van der Waals surface area contributed by atoms with E-state index in [9.17, 15) is 0 Å². The van der Waals surface area contributed by atoms with Gasteiger partial charge in [0.2, 0.25) is 0 Å². The summed E-state index contributed by atoms with van der Waals surface area (Å²) in [5, 5.41) is 0. The molecule has 0 saturated carbocycles. The summed E-state index contributed by atoms with van der Waals surface area (Å²) >= 11 is 0. The predicted octanol–water partition coefficient (Wildman–Crippen LogP) is 3.04. The number of benzene rings is 1. The predicted molar refractivity (Wildman–Crippen MR) is 62.9 cm³/mol. The Labute approximate surface area is 96.6 Å². The molecule has 3 rings (SSSR count). The highest BCUT2D eigenvalue weighted by Crippen LogP contribution is 2.39. The second-order valence-corrected chi connectivity index (χ2v) is 4.61. The van der Waals surface area contributed by atoms with Gasteiger partial charge in [0.25, 0.3) is 0 Å². The lowest BCUT2D eigenvalue weighted by atomic mass is 9.89. The highest BCUT2D eigenvalue weighted by atomic mass is 16.5. The summed E-state index contributed by atoms with van der Waals surface area (Å²) in [5.41, 5.74) is 4.34. The van der Waals surface area contributed by atoms with Gasteiger partial charge in [-0.15, -0.1) is 0 Å². The molecule has 0 bridgehead atoms. The Hall–Kier alpha value is -1.02. The van der Waals surface area contributed by atoms with Gasteiger partial charge in [0.1, 0.15) is 5.75 Å². The van der Waals surface area contributed by atoms with Gasteiger partial charge in [-0.25, -0.2) is 0 Å². The van der Waals surface area contributed by atoms with E-state index in [1.807, 2.05) is 0 Å². The molecule has 2 aliphatic heterocycles. The maximum absolute atomic E-state index is 5.91. The molecule has 0 aliphatic carbocycles. The van der Waals surface area contributed by atoms with E-state index in [1.165, 1.54) is 23.1 Å². The Balaban J connectivity index is 2.06. The van der Waals surface area contributed by atoms with Gasteiger partial charge in [0.15, 0.2) is 0 Å². The molecule has 1 atom stereocenters. The SMILES string of the molecule is CCCC1OCCc2ccc3c(c21)CCO3. The number of ether oxygens (including phenoxy) is 2. The van der Waals surface area contributed by atoms with Gasteiger partial charge in [-0.2, -0.15) is 0 Å². The van der Waals surface area contributed by atoms with E-state index in [4.69, 9.17) is 9.47 Å². The molecule has 1 aromatic rings. The fourth-order valence-electron chi connectivity index (χ4n) is 2.85. The summed E-state index contributed by atoms with van der Waals surface area (Å²) in [6.07, 6.45) is 4.73. The van der Waals surface area contributed by atoms with Gasteiger partial charge in [0.05, 0.1) is 19.3 Å². The number of hydrogen-bond donors (Lipinski definition) is 0. The van der Waals surface area contributed by atoms with Crippen LogP contribution in [0.15, 0.2) is 12.1 Å². The van der Waals surface area contributed by atoms with Crippen LogP contribution < -0.4 is 4.74 Å². The monoisotopic (exact) mass is 218 g/mol. The average molecular weight is 218 g/mol. The average Bonchev–Trinajstić information content (AvgIpc) is 2.77. The van der Waals surface area contributed by atoms with Crippen molar-refractivity contribution in [1.82, 2.24) is 0 Å². The third-order valence-corrected chi connectivity index (χ3v) is 3.58.